The van der Waals surface area contributed by atoms with Crippen molar-refractivity contribution in [2.75, 3.05) is 18.4 Å². The van der Waals surface area contributed by atoms with Crippen molar-refractivity contribution >= 4 is 17.6 Å². The Bertz CT molecular complexity index is 586. The molecule has 6 nitrogen and oxygen atoms in total. The normalized spacial score (nSPS) is 17.8. The van der Waals surface area contributed by atoms with Crippen LogP contribution in [0.15, 0.2) is 29.3 Å². The molecule has 0 unspecified atom stereocenters. The van der Waals surface area contributed by atoms with Crippen molar-refractivity contribution in [2.24, 2.45) is 10.4 Å². The summed E-state index contributed by atoms with van der Waals surface area (Å²) in [5.74, 6) is 0.672. The molecule has 1 amide bonds. The zero-order chi connectivity index (χ0) is 18.3. The molecule has 0 aliphatic heterocycles. The van der Waals surface area contributed by atoms with E-state index in [-0.39, 0.29) is 18.2 Å². The van der Waals surface area contributed by atoms with E-state index in [4.69, 9.17) is 0 Å². The van der Waals surface area contributed by atoms with Crippen LogP contribution >= 0.6 is 0 Å². The van der Waals surface area contributed by atoms with Crippen molar-refractivity contribution in [1.82, 2.24) is 10.6 Å². The summed E-state index contributed by atoms with van der Waals surface area (Å²) < 4.78 is 0. The lowest BCUT2D eigenvalue weighted by atomic mass is 9.75. The number of phenolic OH excluding ortho intramolecular Hbond substituents is 1. The second-order valence-electron chi connectivity index (χ2n) is 7.37. The first-order valence-corrected chi connectivity index (χ1v) is 9.02. The third kappa shape index (κ3) is 6.64. The van der Waals surface area contributed by atoms with Gasteiger partial charge in [-0.3, -0.25) is 4.79 Å². The first-order chi connectivity index (χ1) is 11.9. The van der Waals surface area contributed by atoms with Crippen LogP contribution < -0.4 is 16.0 Å². The number of hydrogen-bond donors (Lipinski definition) is 4. The number of hydrogen-bond acceptors (Lipinski definition) is 3. The Balaban J connectivity index is 1.86. The highest BCUT2D eigenvalue weighted by Crippen LogP contribution is 2.34. The second-order valence-corrected chi connectivity index (χ2v) is 7.37. The van der Waals surface area contributed by atoms with Gasteiger partial charge in [0.25, 0.3) is 0 Å². The fraction of sp³-hybridized carbons (Fsp3) is 0.579. The van der Waals surface area contributed by atoms with Gasteiger partial charge < -0.3 is 21.1 Å². The third-order valence-corrected chi connectivity index (χ3v) is 4.56. The van der Waals surface area contributed by atoms with Crippen LogP contribution in [0.2, 0.25) is 0 Å². The van der Waals surface area contributed by atoms with E-state index < -0.39 is 0 Å². The minimum atomic E-state index is -0.187. The number of carbonyl (C=O) groups is 1. The number of phenols is 1. The van der Waals surface area contributed by atoms with Gasteiger partial charge in [-0.1, -0.05) is 13.8 Å². The molecule has 1 aliphatic carbocycles. The standard InChI is InChI=1S/C19H30N4O2/c1-4-20-18(23-15-9-11-19(2,3)12-10-15)21-13-17(25)22-14-5-7-16(24)8-6-14/h5-8,15,24H,4,9-13H2,1-3H3,(H,22,25)(H2,20,21,23). The molecule has 1 aromatic rings. The van der Waals surface area contributed by atoms with E-state index in [1.807, 2.05) is 6.92 Å². The van der Waals surface area contributed by atoms with Gasteiger partial charge >= 0.3 is 0 Å². The van der Waals surface area contributed by atoms with Crippen LogP contribution in [0.25, 0.3) is 0 Å². The highest BCUT2D eigenvalue weighted by molar-refractivity contribution is 5.94. The Hall–Kier alpha value is -2.24. The minimum Gasteiger partial charge on any atom is -0.508 e. The molecule has 0 aromatic heterocycles. The van der Waals surface area contributed by atoms with Gasteiger partial charge in [0.1, 0.15) is 12.3 Å². The minimum absolute atomic E-state index is 0.0500. The predicted octanol–water partition coefficient (Wildman–Crippen LogP) is 2.85. The molecule has 0 radical (unpaired) electrons. The molecule has 0 bridgehead atoms. The SMILES string of the molecule is CCNC(=NCC(=O)Nc1ccc(O)cc1)NC1CCC(C)(C)CC1. The molecule has 0 atom stereocenters. The summed E-state index contributed by atoms with van der Waals surface area (Å²) in [6, 6.07) is 6.80. The summed E-state index contributed by atoms with van der Waals surface area (Å²) >= 11 is 0. The van der Waals surface area contributed by atoms with Gasteiger partial charge in [0, 0.05) is 18.3 Å². The average Bonchev–Trinajstić information content (AvgIpc) is 2.57. The quantitative estimate of drug-likeness (QED) is 0.375. The number of anilines is 1. The number of nitrogens with one attached hydrogen (secondary N) is 3. The molecule has 25 heavy (non-hydrogen) atoms. The smallest absolute Gasteiger partial charge is 0.246 e. The summed E-state index contributed by atoms with van der Waals surface area (Å²) in [6.45, 7) is 7.45. The molecule has 0 saturated heterocycles. The lowest BCUT2D eigenvalue weighted by Gasteiger charge is -2.35. The Labute approximate surface area is 150 Å². The largest absolute Gasteiger partial charge is 0.508 e. The number of aromatic hydroxyl groups is 1. The maximum Gasteiger partial charge on any atom is 0.246 e. The summed E-state index contributed by atoms with van der Waals surface area (Å²) in [4.78, 5) is 16.4. The van der Waals surface area contributed by atoms with Gasteiger partial charge in [0.05, 0.1) is 0 Å². The van der Waals surface area contributed by atoms with E-state index in [9.17, 15) is 9.90 Å². The summed E-state index contributed by atoms with van der Waals surface area (Å²) in [5.41, 5.74) is 1.07. The number of aliphatic imine (C=N–C) groups is 1. The molecule has 0 heterocycles. The first kappa shape index (κ1) is 19.1. The molecule has 0 spiro atoms. The molecular weight excluding hydrogens is 316 g/mol. The second kappa shape index (κ2) is 8.74. The molecule has 1 saturated carbocycles. The van der Waals surface area contributed by atoms with E-state index in [0.29, 0.717) is 23.1 Å². The maximum atomic E-state index is 12.0. The lowest BCUT2D eigenvalue weighted by Crippen LogP contribution is -2.46. The number of amides is 1. The van der Waals surface area contributed by atoms with E-state index >= 15 is 0 Å². The Morgan fingerprint density at radius 2 is 1.88 bits per heavy atom. The summed E-state index contributed by atoms with van der Waals surface area (Å²) in [7, 11) is 0. The maximum absolute atomic E-state index is 12.0. The highest BCUT2D eigenvalue weighted by Gasteiger charge is 2.27. The number of carbonyl (C=O) groups excluding carboxylic acids is 1. The molecule has 1 fully saturated rings. The van der Waals surface area contributed by atoms with E-state index in [0.717, 1.165) is 19.4 Å². The van der Waals surface area contributed by atoms with Crippen molar-refractivity contribution in [3.8, 4) is 5.75 Å². The van der Waals surface area contributed by atoms with Crippen molar-refractivity contribution in [3.63, 3.8) is 0 Å². The highest BCUT2D eigenvalue weighted by atomic mass is 16.3. The lowest BCUT2D eigenvalue weighted by molar-refractivity contribution is -0.114. The molecule has 2 rings (SSSR count). The number of nitrogens with zero attached hydrogens (tertiary/aromatic N) is 1. The van der Waals surface area contributed by atoms with Gasteiger partial charge in [-0.05, 0) is 62.3 Å². The van der Waals surface area contributed by atoms with Crippen molar-refractivity contribution in [3.05, 3.63) is 24.3 Å². The molecule has 6 heteroatoms. The van der Waals surface area contributed by atoms with Gasteiger partial charge in [-0.15, -0.1) is 0 Å². The number of guanidine groups is 1. The van der Waals surface area contributed by atoms with Crippen molar-refractivity contribution in [2.45, 2.75) is 52.5 Å². The topological polar surface area (TPSA) is 85.8 Å². The van der Waals surface area contributed by atoms with Crippen LogP contribution in [-0.2, 0) is 4.79 Å². The van der Waals surface area contributed by atoms with Crippen LogP contribution in [0.5, 0.6) is 5.75 Å². The Kier molecular flexibility index (Phi) is 6.67. The van der Waals surface area contributed by atoms with Crippen LogP contribution in [-0.4, -0.2) is 36.1 Å². The Morgan fingerprint density at radius 3 is 2.48 bits per heavy atom. The van der Waals surface area contributed by atoms with Gasteiger partial charge in [-0.25, -0.2) is 4.99 Å². The van der Waals surface area contributed by atoms with Crippen LogP contribution in [0, 0.1) is 5.41 Å². The number of rotatable bonds is 5. The van der Waals surface area contributed by atoms with Crippen LogP contribution in [0.4, 0.5) is 5.69 Å². The van der Waals surface area contributed by atoms with E-state index in [2.05, 4.69) is 34.8 Å². The van der Waals surface area contributed by atoms with Gasteiger partial charge in [0.2, 0.25) is 5.91 Å². The van der Waals surface area contributed by atoms with Crippen LogP contribution in [0.3, 0.4) is 0 Å². The molecular formula is C19H30N4O2. The fourth-order valence-corrected chi connectivity index (χ4v) is 2.95. The predicted molar refractivity (Wildman–Crippen MR) is 102 cm³/mol. The monoisotopic (exact) mass is 346 g/mol. The van der Waals surface area contributed by atoms with Crippen LogP contribution in [0.1, 0.15) is 46.5 Å². The summed E-state index contributed by atoms with van der Waals surface area (Å²) in [5, 5.41) is 18.7. The zero-order valence-corrected chi connectivity index (χ0v) is 15.4. The first-order valence-electron chi connectivity index (χ1n) is 9.02. The fourth-order valence-electron chi connectivity index (χ4n) is 2.95. The molecule has 1 aliphatic rings. The van der Waals surface area contributed by atoms with Gasteiger partial charge in [0.15, 0.2) is 5.96 Å². The van der Waals surface area contributed by atoms with E-state index in [1.54, 1.807) is 12.1 Å². The molecule has 4 N–H and O–H groups in total. The van der Waals surface area contributed by atoms with Gasteiger partial charge in [-0.2, -0.15) is 0 Å². The molecule has 138 valence electrons. The third-order valence-electron chi connectivity index (χ3n) is 4.56. The molecule has 1 aromatic carbocycles. The van der Waals surface area contributed by atoms with E-state index in [1.165, 1.54) is 25.0 Å². The zero-order valence-electron chi connectivity index (χ0n) is 15.4. The average molecular weight is 346 g/mol. The summed E-state index contributed by atoms with van der Waals surface area (Å²) in [6.07, 6.45) is 4.64. The Morgan fingerprint density at radius 1 is 1.24 bits per heavy atom. The van der Waals surface area contributed by atoms with Crippen molar-refractivity contribution in [1.29, 1.82) is 0 Å². The number of benzene rings is 1. The van der Waals surface area contributed by atoms with Crippen molar-refractivity contribution < 1.29 is 9.90 Å².